The van der Waals surface area contributed by atoms with Gasteiger partial charge in [0.25, 0.3) is 0 Å². The molecule has 0 unspecified atom stereocenters. The maximum atomic E-state index is 12.8. The van der Waals surface area contributed by atoms with Crippen molar-refractivity contribution in [2.75, 3.05) is 18.4 Å². The van der Waals surface area contributed by atoms with Gasteiger partial charge < -0.3 is 5.32 Å². The summed E-state index contributed by atoms with van der Waals surface area (Å²) in [6.07, 6.45) is 8.36. The van der Waals surface area contributed by atoms with Crippen LogP contribution in [0.2, 0.25) is 0 Å². The van der Waals surface area contributed by atoms with Gasteiger partial charge in [-0.05, 0) is 63.1 Å². The fourth-order valence-corrected chi connectivity index (χ4v) is 7.56. The number of sulfonamides is 1. The van der Waals surface area contributed by atoms with Crippen LogP contribution < -0.4 is 5.32 Å². The van der Waals surface area contributed by atoms with Crippen LogP contribution in [0.15, 0.2) is 28.3 Å². The van der Waals surface area contributed by atoms with E-state index in [1.807, 2.05) is 0 Å². The maximum absolute atomic E-state index is 12.8. The Morgan fingerprint density at radius 2 is 1.97 bits per heavy atom. The van der Waals surface area contributed by atoms with Crippen LogP contribution in [0.1, 0.15) is 55.0 Å². The lowest BCUT2D eigenvalue weighted by molar-refractivity contribution is -0.115. The number of thioether (sulfide) groups is 1. The van der Waals surface area contributed by atoms with Gasteiger partial charge in [0.05, 0.1) is 15.8 Å². The Hall–Kier alpha value is -1.93. The molecule has 170 valence electrons. The first-order valence-corrected chi connectivity index (χ1v) is 14.0. The highest BCUT2D eigenvalue weighted by Gasteiger charge is 2.28. The van der Waals surface area contributed by atoms with Crippen LogP contribution in [0.25, 0.3) is 0 Å². The van der Waals surface area contributed by atoms with Gasteiger partial charge in [-0.1, -0.05) is 18.2 Å². The normalized spacial score (nSPS) is 17.9. The SMILES string of the molecule is C[C@@H](Sc1ccc(S(=O)(=O)N2CCCC2)cn1)C(=O)Nc1sc2c(c1C#N)CCCCC2. The van der Waals surface area contributed by atoms with Gasteiger partial charge in [0, 0.05) is 24.2 Å². The Labute approximate surface area is 197 Å². The van der Waals surface area contributed by atoms with Crippen molar-refractivity contribution in [1.29, 1.82) is 5.26 Å². The van der Waals surface area contributed by atoms with Crippen molar-refractivity contribution in [3.8, 4) is 6.07 Å². The summed E-state index contributed by atoms with van der Waals surface area (Å²) in [4.78, 5) is 18.5. The highest BCUT2D eigenvalue weighted by molar-refractivity contribution is 8.00. The van der Waals surface area contributed by atoms with E-state index in [4.69, 9.17) is 0 Å². The number of carbonyl (C=O) groups excluding carboxylic acids is 1. The molecule has 2 aromatic heterocycles. The number of fused-ring (bicyclic) bond motifs is 1. The van der Waals surface area contributed by atoms with E-state index in [0.717, 1.165) is 44.1 Å². The number of anilines is 1. The molecule has 1 N–H and O–H groups in total. The number of hydrogen-bond donors (Lipinski definition) is 1. The molecule has 4 rings (SSSR count). The number of pyridine rings is 1. The predicted molar refractivity (Wildman–Crippen MR) is 126 cm³/mol. The number of thiophene rings is 1. The lowest BCUT2D eigenvalue weighted by atomic mass is 10.1. The predicted octanol–water partition coefficient (Wildman–Crippen LogP) is 4.19. The summed E-state index contributed by atoms with van der Waals surface area (Å²) < 4.78 is 26.8. The zero-order valence-electron chi connectivity index (χ0n) is 18.0. The van der Waals surface area contributed by atoms with Crippen LogP contribution in [0.5, 0.6) is 0 Å². The highest BCUT2D eigenvalue weighted by atomic mass is 32.2. The van der Waals surface area contributed by atoms with Crippen molar-refractivity contribution in [3.63, 3.8) is 0 Å². The number of aromatic nitrogens is 1. The van der Waals surface area contributed by atoms with Crippen molar-refractivity contribution in [1.82, 2.24) is 9.29 Å². The smallest absolute Gasteiger partial charge is 0.244 e. The molecule has 1 aliphatic carbocycles. The average molecular weight is 491 g/mol. The number of nitriles is 1. The number of hydrogen-bond acceptors (Lipinski definition) is 7. The van der Waals surface area contributed by atoms with E-state index in [-0.39, 0.29) is 10.8 Å². The van der Waals surface area contributed by atoms with Gasteiger partial charge in [-0.3, -0.25) is 4.79 Å². The van der Waals surface area contributed by atoms with Crippen LogP contribution >= 0.6 is 23.1 Å². The van der Waals surface area contributed by atoms with E-state index in [9.17, 15) is 18.5 Å². The molecule has 0 bridgehead atoms. The third-order valence-corrected chi connectivity index (χ3v) is 9.99. The highest BCUT2D eigenvalue weighted by Crippen LogP contribution is 2.37. The van der Waals surface area contributed by atoms with E-state index in [1.54, 1.807) is 19.1 Å². The molecule has 32 heavy (non-hydrogen) atoms. The molecule has 0 radical (unpaired) electrons. The Bertz CT molecular complexity index is 1130. The Morgan fingerprint density at radius 3 is 2.66 bits per heavy atom. The van der Waals surface area contributed by atoms with E-state index in [0.29, 0.717) is 28.7 Å². The van der Waals surface area contributed by atoms with Gasteiger partial charge in [0.15, 0.2) is 0 Å². The largest absolute Gasteiger partial charge is 0.316 e. The number of nitrogens with one attached hydrogen (secondary N) is 1. The topological polar surface area (TPSA) is 103 Å². The lowest BCUT2D eigenvalue weighted by Gasteiger charge is -2.15. The van der Waals surface area contributed by atoms with E-state index >= 15 is 0 Å². The molecule has 0 spiro atoms. The van der Waals surface area contributed by atoms with Gasteiger partial charge in [0.2, 0.25) is 15.9 Å². The van der Waals surface area contributed by atoms with Crippen LogP contribution in [-0.2, 0) is 27.7 Å². The van der Waals surface area contributed by atoms with Crippen molar-refractivity contribution in [2.45, 2.75) is 67.0 Å². The molecule has 0 aromatic carbocycles. The van der Waals surface area contributed by atoms with Crippen LogP contribution in [0, 0.1) is 11.3 Å². The molecule has 3 heterocycles. The first-order chi connectivity index (χ1) is 15.4. The number of nitrogens with zero attached hydrogens (tertiary/aromatic N) is 3. The quantitative estimate of drug-likeness (QED) is 0.481. The monoisotopic (exact) mass is 490 g/mol. The molecule has 1 atom stereocenters. The molecule has 0 saturated carbocycles. The first kappa shape index (κ1) is 23.2. The standard InChI is InChI=1S/C22H26N4O3S3/c1-15(21(27)25-22-18(13-23)17-7-3-2-4-8-19(17)31-22)30-20-10-9-16(14-24-20)32(28,29)26-11-5-6-12-26/h9-10,14-15H,2-8,11-12H2,1H3,(H,25,27)/t15-/m1/s1. The second kappa shape index (κ2) is 9.91. The summed E-state index contributed by atoms with van der Waals surface area (Å²) >= 11 is 2.78. The van der Waals surface area contributed by atoms with Gasteiger partial charge in [-0.2, -0.15) is 9.57 Å². The Balaban J connectivity index is 1.42. The van der Waals surface area contributed by atoms with Crippen molar-refractivity contribution in [2.24, 2.45) is 0 Å². The molecule has 1 saturated heterocycles. The third kappa shape index (κ3) is 4.86. The summed E-state index contributed by atoms with van der Waals surface area (Å²) in [6, 6.07) is 5.48. The van der Waals surface area contributed by atoms with Crippen LogP contribution in [0.4, 0.5) is 5.00 Å². The number of rotatable bonds is 6. The zero-order chi connectivity index (χ0) is 22.7. The second-order valence-electron chi connectivity index (χ2n) is 8.07. The third-order valence-electron chi connectivity index (χ3n) is 5.85. The molecule has 7 nitrogen and oxygen atoms in total. The summed E-state index contributed by atoms with van der Waals surface area (Å²) in [7, 11) is -3.50. The molecule has 1 fully saturated rings. The first-order valence-electron chi connectivity index (χ1n) is 10.9. The summed E-state index contributed by atoms with van der Waals surface area (Å²) in [5.74, 6) is -0.196. The molecular weight excluding hydrogens is 464 g/mol. The minimum Gasteiger partial charge on any atom is -0.316 e. The number of amides is 1. The zero-order valence-corrected chi connectivity index (χ0v) is 20.4. The second-order valence-corrected chi connectivity index (χ2v) is 12.5. The summed E-state index contributed by atoms with van der Waals surface area (Å²) in [5, 5.41) is 13.4. The molecule has 1 amide bonds. The minimum atomic E-state index is -3.50. The number of aryl methyl sites for hydroxylation is 1. The van der Waals surface area contributed by atoms with Crippen molar-refractivity contribution in [3.05, 3.63) is 34.3 Å². The van der Waals surface area contributed by atoms with Crippen molar-refractivity contribution < 1.29 is 13.2 Å². The van der Waals surface area contributed by atoms with Crippen LogP contribution in [0.3, 0.4) is 0 Å². The summed E-state index contributed by atoms with van der Waals surface area (Å²) in [5.41, 5.74) is 1.70. The van der Waals surface area contributed by atoms with E-state index in [1.165, 1.54) is 44.9 Å². The molecular formula is C22H26N4O3S3. The summed E-state index contributed by atoms with van der Waals surface area (Å²) in [6.45, 7) is 2.88. The fraction of sp³-hybridized carbons (Fsp3) is 0.500. The van der Waals surface area contributed by atoms with E-state index in [2.05, 4.69) is 16.4 Å². The number of carbonyl (C=O) groups is 1. The lowest BCUT2D eigenvalue weighted by Crippen LogP contribution is -2.28. The Morgan fingerprint density at radius 1 is 1.22 bits per heavy atom. The average Bonchev–Trinajstić information content (AvgIpc) is 3.37. The molecule has 1 aliphatic heterocycles. The van der Waals surface area contributed by atoms with Gasteiger partial charge in [0.1, 0.15) is 16.0 Å². The molecule has 2 aliphatic rings. The molecule has 10 heteroatoms. The van der Waals surface area contributed by atoms with Gasteiger partial charge >= 0.3 is 0 Å². The van der Waals surface area contributed by atoms with Gasteiger partial charge in [-0.15, -0.1) is 11.3 Å². The van der Waals surface area contributed by atoms with Crippen molar-refractivity contribution >= 4 is 44.0 Å². The minimum absolute atomic E-state index is 0.180. The maximum Gasteiger partial charge on any atom is 0.244 e. The van der Waals surface area contributed by atoms with Crippen LogP contribution in [-0.4, -0.2) is 42.0 Å². The Kier molecular flexibility index (Phi) is 7.20. The molecule has 2 aromatic rings. The van der Waals surface area contributed by atoms with Gasteiger partial charge in [-0.25, -0.2) is 13.4 Å². The van der Waals surface area contributed by atoms with E-state index < -0.39 is 15.3 Å². The fourth-order valence-electron chi connectivity index (χ4n) is 4.06.